The molecule has 1 heterocycles. The van der Waals surface area contributed by atoms with Gasteiger partial charge in [0, 0.05) is 12.1 Å². The van der Waals surface area contributed by atoms with E-state index in [1.54, 1.807) is 18.2 Å². The van der Waals surface area contributed by atoms with E-state index in [0.717, 1.165) is 5.56 Å². The molecular formula is C26H32BNO7. The van der Waals surface area contributed by atoms with Crippen LogP contribution in [-0.4, -0.2) is 51.1 Å². The Bertz CT molecular complexity index is 1070. The molecule has 0 bridgehead atoms. The van der Waals surface area contributed by atoms with Gasteiger partial charge in [-0.25, -0.2) is 9.59 Å². The summed E-state index contributed by atoms with van der Waals surface area (Å²) in [6, 6.07) is 14.4. The highest BCUT2D eigenvalue weighted by molar-refractivity contribution is 6.56. The lowest BCUT2D eigenvalue weighted by Crippen LogP contribution is -2.41. The summed E-state index contributed by atoms with van der Waals surface area (Å²) in [7, 11) is 2.13. The van der Waals surface area contributed by atoms with Crippen molar-refractivity contribution in [3.8, 4) is 5.75 Å². The molecule has 1 saturated heterocycles. The number of nitrogens with one attached hydrogen (secondary N) is 1. The molecule has 1 aliphatic rings. The summed E-state index contributed by atoms with van der Waals surface area (Å²) in [5, 5.41) is 2.78. The summed E-state index contributed by atoms with van der Waals surface area (Å²) < 4.78 is 28.1. The van der Waals surface area contributed by atoms with Crippen molar-refractivity contribution in [1.29, 1.82) is 0 Å². The molecule has 0 aromatic heterocycles. The Kier molecular flexibility index (Phi) is 8.24. The Morgan fingerprint density at radius 2 is 1.66 bits per heavy atom. The van der Waals surface area contributed by atoms with Crippen molar-refractivity contribution >= 4 is 25.3 Å². The molecule has 0 unspecified atom stereocenters. The second-order valence-corrected chi connectivity index (χ2v) is 9.17. The molecule has 0 spiro atoms. The zero-order chi connectivity index (χ0) is 25.6. The summed E-state index contributed by atoms with van der Waals surface area (Å²) in [6.07, 6.45) is 1.25. The van der Waals surface area contributed by atoms with E-state index in [1.807, 2.05) is 64.1 Å². The van der Waals surface area contributed by atoms with Crippen molar-refractivity contribution in [1.82, 2.24) is 5.32 Å². The van der Waals surface area contributed by atoms with Crippen LogP contribution in [-0.2, 0) is 25.4 Å². The van der Waals surface area contributed by atoms with Crippen molar-refractivity contribution in [3.05, 3.63) is 70.7 Å². The van der Waals surface area contributed by atoms with Crippen LogP contribution in [0.4, 0.5) is 4.79 Å². The van der Waals surface area contributed by atoms with E-state index in [4.69, 9.17) is 23.5 Å². The van der Waals surface area contributed by atoms with Crippen LogP contribution in [0.5, 0.6) is 5.75 Å². The van der Waals surface area contributed by atoms with Gasteiger partial charge in [-0.05, 0) is 50.9 Å². The smallest absolute Gasteiger partial charge is 0.492 e. The Morgan fingerprint density at radius 3 is 2.26 bits per heavy atom. The Labute approximate surface area is 206 Å². The molecular weight excluding hydrogens is 449 g/mol. The van der Waals surface area contributed by atoms with Crippen molar-refractivity contribution in [3.63, 3.8) is 0 Å². The van der Waals surface area contributed by atoms with E-state index in [-0.39, 0.29) is 13.2 Å². The third-order valence-electron chi connectivity index (χ3n) is 6.20. The fourth-order valence-electron chi connectivity index (χ4n) is 3.42. The van der Waals surface area contributed by atoms with Crippen LogP contribution in [0.2, 0.25) is 0 Å². The first-order valence-electron chi connectivity index (χ1n) is 11.3. The maximum atomic E-state index is 12.4. The fraction of sp³-hybridized carbons (Fsp3) is 0.385. The van der Waals surface area contributed by atoms with Crippen molar-refractivity contribution < 1.29 is 33.1 Å². The van der Waals surface area contributed by atoms with Crippen molar-refractivity contribution in [2.45, 2.75) is 45.5 Å². The zero-order valence-electron chi connectivity index (χ0n) is 21.0. The number of amides is 1. The van der Waals surface area contributed by atoms with E-state index in [2.05, 4.69) is 5.32 Å². The van der Waals surface area contributed by atoms with E-state index >= 15 is 0 Å². The van der Waals surface area contributed by atoms with Crippen LogP contribution in [0.15, 0.2) is 54.0 Å². The number of carbonyl (C=O) groups is 2. The van der Waals surface area contributed by atoms with Gasteiger partial charge in [0.1, 0.15) is 12.4 Å². The molecule has 35 heavy (non-hydrogen) atoms. The minimum absolute atomic E-state index is 0.117. The van der Waals surface area contributed by atoms with Gasteiger partial charge in [-0.1, -0.05) is 42.5 Å². The number of hydrogen-bond acceptors (Lipinski definition) is 7. The summed E-state index contributed by atoms with van der Waals surface area (Å²) in [4.78, 5) is 24.3. The Morgan fingerprint density at radius 1 is 1.00 bits per heavy atom. The molecule has 2 aromatic carbocycles. The fourth-order valence-corrected chi connectivity index (χ4v) is 3.42. The van der Waals surface area contributed by atoms with Crippen LogP contribution >= 0.6 is 0 Å². The molecule has 9 heteroatoms. The van der Waals surface area contributed by atoms with Gasteiger partial charge in [0.15, 0.2) is 0 Å². The first-order chi connectivity index (χ1) is 16.6. The lowest BCUT2D eigenvalue weighted by molar-refractivity contribution is 0.00578. The quantitative estimate of drug-likeness (QED) is 0.441. The number of methoxy groups -OCH3 is 2. The predicted octanol–water partition coefficient (Wildman–Crippen LogP) is 4.42. The predicted molar refractivity (Wildman–Crippen MR) is 133 cm³/mol. The highest BCUT2D eigenvalue weighted by Crippen LogP contribution is 2.39. The molecule has 1 N–H and O–H groups in total. The van der Waals surface area contributed by atoms with Gasteiger partial charge < -0.3 is 28.8 Å². The van der Waals surface area contributed by atoms with E-state index < -0.39 is 30.4 Å². The van der Waals surface area contributed by atoms with Crippen LogP contribution in [0.1, 0.15) is 49.2 Å². The van der Waals surface area contributed by atoms with Crippen LogP contribution in [0.25, 0.3) is 6.08 Å². The molecule has 0 aliphatic carbocycles. The number of rotatable bonds is 8. The minimum atomic E-state index is -0.709. The SMILES string of the molecule is COC(=O)c1ccc(C=C(CNC(=O)OCc2ccccc2)B2OC(C)(C)C(C)(C)O2)c(OC)c1. The summed E-state index contributed by atoms with van der Waals surface area (Å²) >= 11 is 0. The lowest BCUT2D eigenvalue weighted by Gasteiger charge is -2.32. The van der Waals surface area contributed by atoms with Crippen molar-refractivity contribution in [2.75, 3.05) is 20.8 Å². The second-order valence-electron chi connectivity index (χ2n) is 9.17. The van der Waals surface area contributed by atoms with Gasteiger partial charge >= 0.3 is 19.2 Å². The Balaban J connectivity index is 1.83. The maximum absolute atomic E-state index is 12.4. The molecule has 1 aliphatic heterocycles. The van der Waals surface area contributed by atoms with Crippen LogP contribution < -0.4 is 10.1 Å². The molecule has 0 radical (unpaired) electrons. The van der Waals surface area contributed by atoms with Gasteiger partial charge in [-0.15, -0.1) is 0 Å². The molecule has 2 aromatic rings. The number of benzene rings is 2. The summed E-state index contributed by atoms with van der Waals surface area (Å²) in [5.41, 5.74) is 1.46. The molecule has 1 amide bonds. The number of hydrogen-bond donors (Lipinski definition) is 1. The number of esters is 1. The monoisotopic (exact) mass is 481 g/mol. The highest BCUT2D eigenvalue weighted by atomic mass is 16.7. The van der Waals surface area contributed by atoms with Gasteiger partial charge in [0.05, 0.1) is 31.0 Å². The van der Waals surface area contributed by atoms with Gasteiger partial charge in [-0.2, -0.15) is 0 Å². The normalized spacial score (nSPS) is 16.5. The average Bonchev–Trinajstić information content (AvgIpc) is 3.06. The van der Waals surface area contributed by atoms with Gasteiger partial charge in [-0.3, -0.25) is 0 Å². The van der Waals surface area contributed by atoms with Crippen molar-refractivity contribution in [2.24, 2.45) is 0 Å². The topological polar surface area (TPSA) is 92.3 Å². The molecule has 0 atom stereocenters. The summed E-state index contributed by atoms with van der Waals surface area (Å²) in [6.45, 7) is 8.10. The number of alkyl carbamates (subject to hydrolysis) is 1. The second kappa shape index (κ2) is 11.0. The van der Waals surface area contributed by atoms with E-state index in [1.165, 1.54) is 14.2 Å². The lowest BCUT2D eigenvalue weighted by atomic mass is 9.77. The average molecular weight is 481 g/mol. The first kappa shape index (κ1) is 26.3. The largest absolute Gasteiger partial charge is 0.496 e. The van der Waals surface area contributed by atoms with Gasteiger partial charge in [0.2, 0.25) is 0 Å². The molecule has 0 saturated carbocycles. The molecule has 186 valence electrons. The van der Waals surface area contributed by atoms with Crippen LogP contribution in [0, 0.1) is 0 Å². The first-order valence-corrected chi connectivity index (χ1v) is 11.3. The van der Waals surface area contributed by atoms with Crippen LogP contribution in [0.3, 0.4) is 0 Å². The third kappa shape index (κ3) is 6.43. The molecule has 1 fully saturated rings. The number of carbonyl (C=O) groups excluding carboxylic acids is 2. The zero-order valence-corrected chi connectivity index (χ0v) is 21.0. The van der Waals surface area contributed by atoms with Gasteiger partial charge in [0.25, 0.3) is 0 Å². The maximum Gasteiger partial charge on any atom is 0.492 e. The molecule has 3 rings (SSSR count). The summed E-state index contributed by atoms with van der Waals surface area (Å²) in [5.74, 6) is 0.00131. The standard InChI is InChI=1S/C26H32BNO7/c1-25(2)26(3,4)35-27(34-25)21(16-28-24(30)33-17-18-10-8-7-9-11-18)14-19-12-13-20(23(29)32-6)15-22(19)31-5/h7-15H,16-17H2,1-6H3,(H,28,30). The highest BCUT2D eigenvalue weighted by Gasteiger charge is 2.52. The molecule has 8 nitrogen and oxygen atoms in total. The van der Waals surface area contributed by atoms with E-state index in [9.17, 15) is 9.59 Å². The minimum Gasteiger partial charge on any atom is -0.496 e. The third-order valence-corrected chi connectivity index (χ3v) is 6.20. The number of ether oxygens (including phenoxy) is 3. The Hall–Kier alpha value is -3.30. The van der Waals surface area contributed by atoms with E-state index in [0.29, 0.717) is 22.3 Å².